The first-order chi connectivity index (χ1) is 9.60. The van der Waals surface area contributed by atoms with Gasteiger partial charge in [0.25, 0.3) is 5.69 Å². The molecule has 1 saturated heterocycles. The van der Waals surface area contributed by atoms with E-state index in [1.165, 1.54) is 6.42 Å². The second kappa shape index (κ2) is 7.04. The second-order valence-corrected chi connectivity index (χ2v) is 6.09. The number of piperidine rings is 1. The Morgan fingerprint density at radius 1 is 1.45 bits per heavy atom. The minimum atomic E-state index is -0.334. The molecule has 0 spiro atoms. The molecule has 6 heteroatoms. The van der Waals surface area contributed by atoms with Crippen LogP contribution in [-0.2, 0) is 0 Å². The van der Waals surface area contributed by atoms with Crippen LogP contribution in [0.3, 0.4) is 0 Å². The van der Waals surface area contributed by atoms with E-state index in [9.17, 15) is 10.1 Å². The fourth-order valence-corrected chi connectivity index (χ4v) is 2.96. The summed E-state index contributed by atoms with van der Waals surface area (Å²) >= 11 is 3.28. The maximum Gasteiger partial charge on any atom is 0.293 e. The van der Waals surface area contributed by atoms with Crippen molar-refractivity contribution in [3.63, 3.8) is 0 Å². The molecule has 0 aromatic heterocycles. The molecule has 1 aliphatic rings. The van der Waals surface area contributed by atoms with E-state index in [2.05, 4.69) is 33.1 Å². The van der Waals surface area contributed by atoms with E-state index in [1.807, 2.05) is 6.07 Å². The lowest BCUT2D eigenvalue weighted by Gasteiger charge is -2.32. The Kier molecular flexibility index (Phi) is 5.37. The first-order valence-electron chi connectivity index (χ1n) is 7.03. The first-order valence-corrected chi connectivity index (χ1v) is 7.82. The molecule has 1 aromatic carbocycles. The van der Waals surface area contributed by atoms with E-state index in [0.29, 0.717) is 11.7 Å². The largest absolute Gasteiger partial charge is 0.377 e. The number of benzene rings is 1. The zero-order valence-electron chi connectivity index (χ0n) is 11.6. The van der Waals surface area contributed by atoms with Gasteiger partial charge in [0.2, 0.25) is 0 Å². The molecule has 110 valence electrons. The van der Waals surface area contributed by atoms with Gasteiger partial charge < -0.3 is 10.2 Å². The minimum Gasteiger partial charge on any atom is -0.377 e. The number of anilines is 1. The quantitative estimate of drug-likeness (QED) is 0.656. The molecular weight excluding hydrogens is 322 g/mol. The Morgan fingerprint density at radius 3 is 2.75 bits per heavy atom. The monoisotopic (exact) mass is 341 g/mol. The zero-order valence-corrected chi connectivity index (χ0v) is 13.2. The highest BCUT2D eigenvalue weighted by atomic mass is 79.9. The third-order valence-corrected chi connectivity index (χ3v) is 4.14. The van der Waals surface area contributed by atoms with E-state index >= 15 is 0 Å². The Labute approximate surface area is 127 Å². The van der Waals surface area contributed by atoms with E-state index < -0.39 is 0 Å². The Balaban J connectivity index is 1.99. The van der Waals surface area contributed by atoms with Crippen LogP contribution in [-0.4, -0.2) is 35.5 Å². The SMILES string of the molecule is CCCN1CCC(Nc2ccc(Br)cc2[N+](=O)[O-])CC1. The van der Waals surface area contributed by atoms with Crippen LogP contribution >= 0.6 is 15.9 Å². The highest BCUT2D eigenvalue weighted by Gasteiger charge is 2.21. The Bertz CT molecular complexity index is 473. The predicted molar refractivity (Wildman–Crippen MR) is 84.2 cm³/mol. The predicted octanol–water partition coefficient (Wildman–Crippen LogP) is 3.64. The summed E-state index contributed by atoms with van der Waals surface area (Å²) in [4.78, 5) is 13.2. The van der Waals surface area contributed by atoms with E-state index in [4.69, 9.17) is 0 Å². The van der Waals surface area contributed by atoms with Gasteiger partial charge >= 0.3 is 0 Å². The van der Waals surface area contributed by atoms with Crippen molar-refractivity contribution in [2.45, 2.75) is 32.2 Å². The summed E-state index contributed by atoms with van der Waals surface area (Å²) in [5, 5.41) is 14.4. The van der Waals surface area contributed by atoms with E-state index in [-0.39, 0.29) is 10.6 Å². The third-order valence-electron chi connectivity index (χ3n) is 3.64. The fraction of sp³-hybridized carbons (Fsp3) is 0.571. The van der Waals surface area contributed by atoms with Gasteiger partial charge in [-0.05, 0) is 37.9 Å². The maximum atomic E-state index is 11.1. The Morgan fingerprint density at radius 2 is 2.15 bits per heavy atom. The summed E-state index contributed by atoms with van der Waals surface area (Å²) < 4.78 is 0.729. The van der Waals surface area contributed by atoms with E-state index in [1.54, 1.807) is 12.1 Å². The number of halogens is 1. The molecule has 0 radical (unpaired) electrons. The molecule has 0 unspecified atom stereocenters. The molecule has 1 N–H and O–H groups in total. The lowest BCUT2D eigenvalue weighted by atomic mass is 10.0. The van der Waals surface area contributed by atoms with Crippen molar-refractivity contribution < 1.29 is 4.92 Å². The number of likely N-dealkylation sites (tertiary alicyclic amines) is 1. The molecule has 20 heavy (non-hydrogen) atoms. The van der Waals surface area contributed by atoms with Crippen molar-refractivity contribution in [3.8, 4) is 0 Å². The van der Waals surface area contributed by atoms with Crippen LogP contribution < -0.4 is 5.32 Å². The molecule has 1 fully saturated rings. The van der Waals surface area contributed by atoms with Gasteiger partial charge in [-0.3, -0.25) is 10.1 Å². The molecule has 0 amide bonds. The molecule has 2 rings (SSSR count). The van der Waals surface area contributed by atoms with Gasteiger partial charge in [-0.25, -0.2) is 0 Å². The lowest BCUT2D eigenvalue weighted by Crippen LogP contribution is -2.39. The van der Waals surface area contributed by atoms with Gasteiger partial charge in [0.15, 0.2) is 0 Å². The van der Waals surface area contributed by atoms with Crippen molar-refractivity contribution in [3.05, 3.63) is 32.8 Å². The van der Waals surface area contributed by atoms with Crippen molar-refractivity contribution in [2.24, 2.45) is 0 Å². The van der Waals surface area contributed by atoms with Gasteiger partial charge in [-0.2, -0.15) is 0 Å². The summed E-state index contributed by atoms with van der Waals surface area (Å²) in [6.07, 6.45) is 3.25. The topological polar surface area (TPSA) is 58.4 Å². The lowest BCUT2D eigenvalue weighted by molar-refractivity contribution is -0.384. The zero-order chi connectivity index (χ0) is 14.5. The first kappa shape index (κ1) is 15.3. The molecule has 0 aliphatic carbocycles. The fourth-order valence-electron chi connectivity index (χ4n) is 2.61. The number of nitrogens with one attached hydrogen (secondary N) is 1. The smallest absolute Gasteiger partial charge is 0.293 e. The number of nitrogens with zero attached hydrogens (tertiary/aromatic N) is 2. The normalized spacial score (nSPS) is 17.1. The minimum absolute atomic E-state index is 0.135. The highest BCUT2D eigenvalue weighted by Crippen LogP contribution is 2.29. The number of hydrogen-bond donors (Lipinski definition) is 1. The summed E-state index contributed by atoms with van der Waals surface area (Å²) in [6, 6.07) is 5.49. The summed E-state index contributed by atoms with van der Waals surface area (Å²) in [7, 11) is 0. The van der Waals surface area contributed by atoms with Gasteiger partial charge in [-0.1, -0.05) is 22.9 Å². The third kappa shape index (κ3) is 3.93. The molecule has 0 bridgehead atoms. The van der Waals surface area contributed by atoms with Gasteiger partial charge in [0.1, 0.15) is 5.69 Å². The average molecular weight is 342 g/mol. The van der Waals surface area contributed by atoms with Gasteiger partial charge in [-0.15, -0.1) is 0 Å². The molecule has 1 aromatic rings. The van der Waals surface area contributed by atoms with Crippen LogP contribution in [0.15, 0.2) is 22.7 Å². The molecule has 1 heterocycles. The Hall–Kier alpha value is -1.14. The van der Waals surface area contributed by atoms with Crippen LogP contribution in [0, 0.1) is 10.1 Å². The number of nitro benzene ring substituents is 1. The number of hydrogen-bond acceptors (Lipinski definition) is 4. The molecule has 0 atom stereocenters. The summed E-state index contributed by atoms with van der Waals surface area (Å²) in [6.45, 7) is 5.46. The molecule has 5 nitrogen and oxygen atoms in total. The van der Waals surface area contributed by atoms with Crippen molar-refractivity contribution in [2.75, 3.05) is 25.0 Å². The maximum absolute atomic E-state index is 11.1. The van der Waals surface area contributed by atoms with Gasteiger partial charge in [0, 0.05) is 29.7 Å². The standard InChI is InChI=1S/C14H20BrN3O2/c1-2-7-17-8-5-12(6-9-17)16-13-4-3-11(15)10-14(13)18(19)20/h3-4,10,12,16H,2,5-9H2,1H3. The van der Waals surface area contributed by atoms with Crippen LogP contribution in [0.25, 0.3) is 0 Å². The number of rotatable bonds is 5. The molecular formula is C14H20BrN3O2. The van der Waals surface area contributed by atoms with Crippen LogP contribution in [0.1, 0.15) is 26.2 Å². The average Bonchev–Trinajstić information content (AvgIpc) is 2.43. The van der Waals surface area contributed by atoms with Crippen LogP contribution in [0.5, 0.6) is 0 Å². The molecule has 0 saturated carbocycles. The van der Waals surface area contributed by atoms with Crippen molar-refractivity contribution >= 4 is 27.3 Å². The number of nitro groups is 1. The summed E-state index contributed by atoms with van der Waals surface area (Å²) in [5.41, 5.74) is 0.752. The van der Waals surface area contributed by atoms with E-state index in [0.717, 1.165) is 36.9 Å². The highest BCUT2D eigenvalue weighted by molar-refractivity contribution is 9.10. The van der Waals surface area contributed by atoms with Crippen molar-refractivity contribution in [1.29, 1.82) is 0 Å². The van der Waals surface area contributed by atoms with Gasteiger partial charge in [0.05, 0.1) is 4.92 Å². The van der Waals surface area contributed by atoms with Crippen LogP contribution in [0.4, 0.5) is 11.4 Å². The van der Waals surface area contributed by atoms with Crippen LogP contribution in [0.2, 0.25) is 0 Å². The van der Waals surface area contributed by atoms with Crippen molar-refractivity contribution in [1.82, 2.24) is 4.90 Å². The molecule has 1 aliphatic heterocycles. The summed E-state index contributed by atoms with van der Waals surface area (Å²) in [5.74, 6) is 0. The second-order valence-electron chi connectivity index (χ2n) is 5.18.